The fourth-order valence-electron chi connectivity index (χ4n) is 2.46. The van der Waals surface area contributed by atoms with Gasteiger partial charge in [-0.15, -0.1) is 0 Å². The van der Waals surface area contributed by atoms with Gasteiger partial charge in [0.2, 0.25) is 5.91 Å². The maximum Gasteiger partial charge on any atom is 0.239 e. The Balaban J connectivity index is 1.93. The molecule has 1 saturated heterocycles. The summed E-state index contributed by atoms with van der Waals surface area (Å²) in [5, 5.41) is 19.1. The lowest BCUT2D eigenvalue weighted by Crippen LogP contribution is -2.52. The van der Waals surface area contributed by atoms with E-state index >= 15 is 0 Å². The fraction of sp³-hybridized carbons (Fsp3) is 0.533. The van der Waals surface area contributed by atoms with Crippen LogP contribution < -0.4 is 5.73 Å². The number of nitrogens with zero attached hydrogens (tertiary/aromatic N) is 1. The Morgan fingerprint density at radius 2 is 2.10 bits per heavy atom. The molecule has 5 heteroatoms. The van der Waals surface area contributed by atoms with Crippen LogP contribution in [0.15, 0.2) is 24.3 Å². The molecule has 1 amide bonds. The number of piperidine rings is 1. The van der Waals surface area contributed by atoms with Gasteiger partial charge in [-0.2, -0.15) is 0 Å². The molecule has 3 unspecified atom stereocenters. The van der Waals surface area contributed by atoms with Gasteiger partial charge in [0.1, 0.15) is 5.75 Å². The number of likely N-dealkylation sites (tertiary alicyclic amines) is 1. The van der Waals surface area contributed by atoms with Crippen LogP contribution >= 0.6 is 0 Å². The molecule has 1 aliphatic rings. The normalized spacial score (nSPS) is 24.4. The minimum Gasteiger partial charge on any atom is -0.508 e. The molecule has 0 saturated carbocycles. The summed E-state index contributed by atoms with van der Waals surface area (Å²) in [6.07, 6.45) is 0.772. The van der Waals surface area contributed by atoms with E-state index in [1.54, 1.807) is 29.2 Å². The lowest BCUT2D eigenvalue weighted by molar-refractivity contribution is -0.136. The van der Waals surface area contributed by atoms with E-state index in [1.807, 2.05) is 6.92 Å². The van der Waals surface area contributed by atoms with Crippen LogP contribution in [0.25, 0.3) is 0 Å². The van der Waals surface area contributed by atoms with Crippen LogP contribution in [0, 0.1) is 5.92 Å². The molecule has 3 atom stereocenters. The van der Waals surface area contributed by atoms with Gasteiger partial charge in [-0.05, 0) is 36.5 Å². The van der Waals surface area contributed by atoms with Crippen molar-refractivity contribution in [3.63, 3.8) is 0 Å². The number of hydrogen-bond acceptors (Lipinski definition) is 4. The molecule has 5 nitrogen and oxygen atoms in total. The highest BCUT2D eigenvalue weighted by molar-refractivity contribution is 5.82. The maximum atomic E-state index is 12.3. The molecule has 110 valence electrons. The number of rotatable bonds is 3. The number of hydrogen-bond donors (Lipinski definition) is 3. The topological polar surface area (TPSA) is 86.8 Å². The second-order valence-electron chi connectivity index (χ2n) is 5.59. The Labute approximate surface area is 119 Å². The molecule has 1 aromatic carbocycles. The Kier molecular flexibility index (Phi) is 4.62. The standard InChI is InChI=1S/C15H22N2O3/c1-10-6-7-17(9-14(10)19)15(20)13(16)8-11-2-4-12(18)5-3-11/h2-5,10,13-14,18-19H,6-9,16H2,1H3. The van der Waals surface area contributed by atoms with Gasteiger partial charge in [-0.1, -0.05) is 19.1 Å². The van der Waals surface area contributed by atoms with Crippen LogP contribution in [0.5, 0.6) is 5.75 Å². The van der Waals surface area contributed by atoms with Gasteiger partial charge >= 0.3 is 0 Å². The highest BCUT2D eigenvalue weighted by Crippen LogP contribution is 2.18. The number of β-amino-alcohol motifs (C(OH)–C–C–N with tert-alkyl or cyclic N) is 1. The number of amides is 1. The number of benzene rings is 1. The zero-order valence-electron chi connectivity index (χ0n) is 11.7. The SMILES string of the molecule is CC1CCN(C(=O)C(N)Cc2ccc(O)cc2)CC1O. The second-order valence-corrected chi connectivity index (χ2v) is 5.59. The van der Waals surface area contributed by atoms with Crippen molar-refractivity contribution in [2.45, 2.75) is 31.9 Å². The van der Waals surface area contributed by atoms with E-state index in [9.17, 15) is 15.0 Å². The minimum atomic E-state index is -0.611. The molecule has 0 aliphatic carbocycles. The third kappa shape index (κ3) is 3.49. The van der Waals surface area contributed by atoms with Crippen LogP contribution in [0.3, 0.4) is 0 Å². The zero-order valence-corrected chi connectivity index (χ0v) is 11.7. The summed E-state index contributed by atoms with van der Waals surface area (Å²) >= 11 is 0. The molecule has 1 aliphatic heterocycles. The monoisotopic (exact) mass is 278 g/mol. The zero-order chi connectivity index (χ0) is 14.7. The third-order valence-electron chi connectivity index (χ3n) is 3.94. The Hall–Kier alpha value is -1.59. The average Bonchev–Trinajstić information content (AvgIpc) is 2.43. The molecular formula is C15H22N2O3. The number of aliphatic hydroxyl groups is 1. The van der Waals surface area contributed by atoms with E-state index in [0.717, 1.165) is 12.0 Å². The van der Waals surface area contributed by atoms with Gasteiger partial charge in [0.05, 0.1) is 12.1 Å². The molecule has 0 bridgehead atoms. The van der Waals surface area contributed by atoms with Gasteiger partial charge in [0.15, 0.2) is 0 Å². The molecule has 1 aromatic rings. The van der Waals surface area contributed by atoms with Crippen LogP contribution in [0.4, 0.5) is 0 Å². The molecule has 4 N–H and O–H groups in total. The summed E-state index contributed by atoms with van der Waals surface area (Å²) in [4.78, 5) is 13.9. The molecule has 1 heterocycles. The van der Waals surface area contributed by atoms with Crippen molar-refractivity contribution in [2.75, 3.05) is 13.1 Å². The summed E-state index contributed by atoms with van der Waals surface area (Å²) < 4.78 is 0. The second kappa shape index (κ2) is 6.24. The van der Waals surface area contributed by atoms with Crippen LogP contribution in [0.2, 0.25) is 0 Å². The number of nitrogens with two attached hydrogens (primary N) is 1. The Morgan fingerprint density at radius 1 is 1.45 bits per heavy atom. The first kappa shape index (κ1) is 14.8. The highest BCUT2D eigenvalue weighted by Gasteiger charge is 2.29. The van der Waals surface area contributed by atoms with E-state index in [-0.39, 0.29) is 17.6 Å². The number of phenols is 1. The van der Waals surface area contributed by atoms with Crippen molar-refractivity contribution in [1.82, 2.24) is 4.90 Å². The van der Waals surface area contributed by atoms with Crippen molar-refractivity contribution in [3.8, 4) is 5.75 Å². The number of carbonyl (C=O) groups excluding carboxylic acids is 1. The van der Waals surface area contributed by atoms with E-state index in [2.05, 4.69) is 0 Å². The van der Waals surface area contributed by atoms with E-state index in [1.165, 1.54) is 0 Å². The summed E-state index contributed by atoms with van der Waals surface area (Å²) in [6.45, 7) is 3.01. The Morgan fingerprint density at radius 3 is 2.70 bits per heavy atom. The number of phenolic OH excluding ortho intramolecular Hbond substituents is 1. The van der Waals surface area contributed by atoms with Gasteiger partial charge in [0, 0.05) is 13.1 Å². The van der Waals surface area contributed by atoms with Gasteiger partial charge in [0.25, 0.3) is 0 Å². The first-order valence-electron chi connectivity index (χ1n) is 6.97. The van der Waals surface area contributed by atoms with E-state index < -0.39 is 12.1 Å². The predicted octanol–water partition coefficient (Wildman–Crippen LogP) is 0.491. The lowest BCUT2D eigenvalue weighted by atomic mass is 9.95. The van der Waals surface area contributed by atoms with Gasteiger partial charge in [-0.3, -0.25) is 4.79 Å². The average molecular weight is 278 g/mol. The fourth-order valence-corrected chi connectivity index (χ4v) is 2.46. The van der Waals surface area contributed by atoms with Gasteiger partial charge < -0.3 is 20.8 Å². The number of carbonyl (C=O) groups is 1. The van der Waals surface area contributed by atoms with Crippen molar-refractivity contribution in [2.24, 2.45) is 11.7 Å². The number of aliphatic hydroxyl groups excluding tert-OH is 1. The van der Waals surface area contributed by atoms with Crippen LogP contribution in [0.1, 0.15) is 18.9 Å². The van der Waals surface area contributed by atoms with E-state index in [4.69, 9.17) is 5.73 Å². The first-order chi connectivity index (χ1) is 9.47. The summed E-state index contributed by atoms with van der Waals surface area (Å²) in [6, 6.07) is 6.07. The van der Waals surface area contributed by atoms with Crippen molar-refractivity contribution in [1.29, 1.82) is 0 Å². The minimum absolute atomic E-state index is 0.121. The van der Waals surface area contributed by atoms with Crippen LogP contribution in [-0.4, -0.2) is 46.3 Å². The van der Waals surface area contributed by atoms with Crippen molar-refractivity contribution in [3.05, 3.63) is 29.8 Å². The Bertz CT molecular complexity index is 461. The summed E-state index contributed by atoms with van der Waals surface area (Å²) in [7, 11) is 0. The predicted molar refractivity (Wildman–Crippen MR) is 76.2 cm³/mol. The third-order valence-corrected chi connectivity index (χ3v) is 3.94. The lowest BCUT2D eigenvalue weighted by Gasteiger charge is -2.35. The molecule has 2 rings (SSSR count). The van der Waals surface area contributed by atoms with Crippen molar-refractivity contribution >= 4 is 5.91 Å². The molecule has 0 aromatic heterocycles. The quantitative estimate of drug-likeness (QED) is 0.751. The van der Waals surface area contributed by atoms with Crippen LogP contribution in [-0.2, 0) is 11.2 Å². The molecular weight excluding hydrogens is 256 g/mol. The summed E-state index contributed by atoms with van der Waals surface area (Å²) in [5.41, 5.74) is 6.87. The largest absolute Gasteiger partial charge is 0.508 e. The van der Waals surface area contributed by atoms with E-state index in [0.29, 0.717) is 19.5 Å². The van der Waals surface area contributed by atoms with Gasteiger partial charge in [-0.25, -0.2) is 0 Å². The molecule has 20 heavy (non-hydrogen) atoms. The molecule has 0 radical (unpaired) electrons. The molecule has 1 fully saturated rings. The maximum absolute atomic E-state index is 12.3. The summed E-state index contributed by atoms with van der Waals surface area (Å²) in [5.74, 6) is 0.304. The highest BCUT2D eigenvalue weighted by atomic mass is 16.3. The first-order valence-corrected chi connectivity index (χ1v) is 6.97. The smallest absolute Gasteiger partial charge is 0.239 e. The number of aromatic hydroxyl groups is 1. The van der Waals surface area contributed by atoms with Crippen molar-refractivity contribution < 1.29 is 15.0 Å². The molecule has 0 spiro atoms.